The van der Waals surface area contributed by atoms with Gasteiger partial charge < -0.3 is 4.43 Å². The lowest BCUT2D eigenvalue weighted by Crippen LogP contribution is -2.34. The molecule has 0 unspecified atom stereocenters. The molecule has 1 saturated carbocycles. The van der Waals surface area contributed by atoms with Crippen LogP contribution in [0.25, 0.3) is 21.9 Å². The SMILES string of the molecule is Cc1cc([N+](=O)[O-])cc2c1-c1c(cc([N+](=O)[O-])cc1[N+](=O)[O-])C2=N[C@@H]1c2c(ccc3ccccc23)CC[C@@H]1CCC[Si](C)(C)OC1CCCC1. The molecule has 0 aromatic heterocycles. The van der Waals surface area contributed by atoms with Crippen molar-refractivity contribution in [3.05, 3.63) is 119 Å². The van der Waals surface area contributed by atoms with Gasteiger partial charge in [-0.15, -0.1) is 0 Å². The number of non-ortho nitro benzene ring substituents is 2. The molecular weight excluding hydrogens is 653 g/mol. The van der Waals surface area contributed by atoms with Crippen LogP contribution in [0.3, 0.4) is 0 Å². The van der Waals surface area contributed by atoms with E-state index in [0.717, 1.165) is 67.0 Å². The van der Waals surface area contributed by atoms with Gasteiger partial charge in [0.1, 0.15) is 0 Å². The predicted octanol–water partition coefficient (Wildman–Crippen LogP) is 9.94. The van der Waals surface area contributed by atoms with Gasteiger partial charge in [-0.05, 0) is 91.5 Å². The van der Waals surface area contributed by atoms with Crippen LogP contribution in [-0.4, -0.2) is 34.9 Å². The summed E-state index contributed by atoms with van der Waals surface area (Å²) >= 11 is 0. The molecule has 0 heterocycles. The fourth-order valence-corrected chi connectivity index (χ4v) is 10.9. The molecule has 2 atom stereocenters. The quantitative estimate of drug-likeness (QED) is 0.0802. The first-order valence-corrected chi connectivity index (χ1v) is 20.6. The lowest BCUT2D eigenvalue weighted by Gasteiger charge is -2.34. The second-order valence-corrected chi connectivity index (χ2v) is 18.9. The Morgan fingerprint density at radius 1 is 0.840 bits per heavy atom. The zero-order chi connectivity index (χ0) is 35.3. The molecule has 3 aliphatic carbocycles. The Morgan fingerprint density at radius 3 is 2.22 bits per heavy atom. The Hall–Kier alpha value is -4.81. The maximum atomic E-state index is 12.4. The van der Waals surface area contributed by atoms with Gasteiger partial charge in [-0.1, -0.05) is 55.7 Å². The summed E-state index contributed by atoms with van der Waals surface area (Å²) in [5.74, 6) is 0.109. The minimum Gasteiger partial charge on any atom is -0.414 e. The number of rotatable bonds is 10. The predicted molar refractivity (Wildman–Crippen MR) is 196 cm³/mol. The van der Waals surface area contributed by atoms with E-state index in [4.69, 9.17) is 9.42 Å². The van der Waals surface area contributed by atoms with Crippen LogP contribution in [0.4, 0.5) is 17.1 Å². The fraction of sp³-hybridized carbons (Fsp3) is 0.395. The molecule has 4 aromatic rings. The smallest absolute Gasteiger partial charge is 0.284 e. The van der Waals surface area contributed by atoms with Crippen LogP contribution in [0.15, 0.2) is 65.7 Å². The maximum absolute atomic E-state index is 12.4. The van der Waals surface area contributed by atoms with E-state index in [-0.39, 0.29) is 28.8 Å². The molecule has 7 rings (SSSR count). The summed E-state index contributed by atoms with van der Waals surface area (Å²) in [6, 6.07) is 18.2. The van der Waals surface area contributed by atoms with Crippen LogP contribution in [0.1, 0.15) is 78.8 Å². The molecule has 12 heteroatoms. The highest BCUT2D eigenvalue weighted by Crippen LogP contribution is 2.50. The van der Waals surface area contributed by atoms with Crippen molar-refractivity contribution in [1.29, 1.82) is 0 Å². The number of aliphatic imine (C=N–C) groups is 1. The third-order valence-electron chi connectivity index (χ3n) is 10.8. The monoisotopic (exact) mass is 692 g/mol. The van der Waals surface area contributed by atoms with Gasteiger partial charge in [0.15, 0.2) is 8.32 Å². The molecule has 0 radical (unpaired) electrons. The Labute approximate surface area is 291 Å². The number of nitro groups is 3. The summed E-state index contributed by atoms with van der Waals surface area (Å²) in [7, 11) is -1.91. The number of benzene rings is 4. The summed E-state index contributed by atoms with van der Waals surface area (Å²) in [5, 5.41) is 38.7. The first-order valence-electron chi connectivity index (χ1n) is 17.4. The molecule has 4 aromatic carbocycles. The van der Waals surface area contributed by atoms with Crippen molar-refractivity contribution < 1.29 is 19.2 Å². The van der Waals surface area contributed by atoms with Gasteiger partial charge in [-0.2, -0.15) is 0 Å². The molecule has 0 bridgehead atoms. The molecule has 0 N–H and O–H groups in total. The van der Waals surface area contributed by atoms with E-state index < -0.39 is 34.5 Å². The standard InChI is InChI=1S/C38H40N4O7Si/c1-23-19-27(40(43)44)20-31-34(23)36-32(21-28(41(45)46)22-33(36)42(47)48)38(31)39-37-26(10-8-18-50(2,3)49-29-11-5-6-12-29)17-16-25-15-14-24-9-4-7-13-30(24)35(25)37/h4,7,9,13-15,19-22,26,29,37H,5-6,8,10-12,16-18H2,1-3H3/t26-,37-/m0/s1. The summed E-state index contributed by atoms with van der Waals surface area (Å²) in [6.45, 7) is 6.28. The number of nitrogens with zero attached hydrogens (tertiary/aromatic N) is 4. The van der Waals surface area contributed by atoms with Crippen molar-refractivity contribution in [2.45, 2.75) is 89.6 Å². The topological polar surface area (TPSA) is 151 Å². The Balaban J connectivity index is 1.39. The molecule has 0 spiro atoms. The van der Waals surface area contributed by atoms with Crippen molar-refractivity contribution >= 4 is 41.9 Å². The van der Waals surface area contributed by atoms with Crippen molar-refractivity contribution in [3.63, 3.8) is 0 Å². The lowest BCUT2D eigenvalue weighted by molar-refractivity contribution is -0.393. The van der Waals surface area contributed by atoms with Crippen LogP contribution < -0.4 is 0 Å². The fourth-order valence-electron chi connectivity index (χ4n) is 8.55. The van der Waals surface area contributed by atoms with E-state index in [2.05, 4.69) is 37.4 Å². The van der Waals surface area contributed by atoms with Gasteiger partial charge in [-0.25, -0.2) is 0 Å². The normalized spacial score (nSPS) is 19.4. The summed E-state index contributed by atoms with van der Waals surface area (Å²) in [6.07, 6.45) is 8.71. The molecule has 11 nitrogen and oxygen atoms in total. The summed E-state index contributed by atoms with van der Waals surface area (Å²) < 4.78 is 6.66. The molecular formula is C38H40N4O7Si. The van der Waals surface area contributed by atoms with Crippen LogP contribution in [0, 0.1) is 43.2 Å². The van der Waals surface area contributed by atoms with Crippen molar-refractivity contribution in [3.8, 4) is 11.1 Å². The molecule has 50 heavy (non-hydrogen) atoms. The lowest BCUT2D eigenvalue weighted by atomic mass is 9.76. The number of hydrogen-bond donors (Lipinski definition) is 0. The summed E-state index contributed by atoms with van der Waals surface area (Å²) in [4.78, 5) is 40.3. The van der Waals surface area contributed by atoms with Gasteiger partial charge in [0.2, 0.25) is 0 Å². The van der Waals surface area contributed by atoms with E-state index in [9.17, 15) is 30.3 Å². The minimum atomic E-state index is -1.91. The Kier molecular flexibility index (Phi) is 8.85. The van der Waals surface area contributed by atoms with Crippen LogP contribution in [0.2, 0.25) is 19.1 Å². The van der Waals surface area contributed by atoms with Crippen molar-refractivity contribution in [2.75, 3.05) is 0 Å². The van der Waals surface area contributed by atoms with Crippen LogP contribution >= 0.6 is 0 Å². The van der Waals surface area contributed by atoms with Gasteiger partial charge in [0, 0.05) is 41.0 Å². The Morgan fingerprint density at radius 2 is 1.52 bits per heavy atom. The highest BCUT2D eigenvalue weighted by Gasteiger charge is 2.40. The molecule has 3 aliphatic rings. The van der Waals surface area contributed by atoms with Crippen LogP contribution in [-0.2, 0) is 10.8 Å². The van der Waals surface area contributed by atoms with E-state index in [1.807, 2.05) is 12.1 Å². The number of nitro benzene ring substituents is 3. The highest BCUT2D eigenvalue weighted by atomic mass is 28.4. The zero-order valence-electron chi connectivity index (χ0n) is 28.5. The Bertz CT molecular complexity index is 2090. The van der Waals surface area contributed by atoms with Gasteiger partial charge in [0.05, 0.1) is 38.2 Å². The van der Waals surface area contributed by atoms with Crippen molar-refractivity contribution in [1.82, 2.24) is 0 Å². The van der Waals surface area contributed by atoms with E-state index in [1.54, 1.807) is 6.92 Å². The number of hydrogen-bond acceptors (Lipinski definition) is 8. The first-order chi connectivity index (χ1) is 23.9. The minimum absolute atomic E-state index is 0.109. The van der Waals surface area contributed by atoms with E-state index in [1.165, 1.54) is 36.6 Å². The summed E-state index contributed by atoms with van der Waals surface area (Å²) in [5.41, 5.74) is 3.35. The van der Waals surface area contributed by atoms with E-state index >= 15 is 0 Å². The largest absolute Gasteiger partial charge is 0.414 e. The van der Waals surface area contributed by atoms with Gasteiger partial charge in [0.25, 0.3) is 17.1 Å². The third-order valence-corrected chi connectivity index (χ3v) is 13.3. The average Bonchev–Trinajstić information content (AvgIpc) is 3.70. The molecule has 0 amide bonds. The number of aryl methyl sites for hydroxylation is 2. The van der Waals surface area contributed by atoms with E-state index in [0.29, 0.717) is 28.5 Å². The molecule has 0 aliphatic heterocycles. The second kappa shape index (κ2) is 13.1. The third kappa shape index (κ3) is 6.22. The molecule has 1 fully saturated rings. The number of fused-ring (bicyclic) bond motifs is 6. The second-order valence-electron chi connectivity index (χ2n) is 14.6. The first kappa shape index (κ1) is 33.7. The van der Waals surface area contributed by atoms with Crippen LogP contribution in [0.5, 0.6) is 0 Å². The molecule has 258 valence electrons. The van der Waals surface area contributed by atoms with Gasteiger partial charge >= 0.3 is 0 Å². The van der Waals surface area contributed by atoms with Gasteiger partial charge in [-0.3, -0.25) is 35.3 Å². The van der Waals surface area contributed by atoms with Crippen molar-refractivity contribution in [2.24, 2.45) is 10.9 Å². The average molecular weight is 693 g/mol. The zero-order valence-corrected chi connectivity index (χ0v) is 29.5. The molecule has 0 saturated heterocycles. The maximum Gasteiger partial charge on any atom is 0.284 e. The highest BCUT2D eigenvalue weighted by molar-refractivity contribution is 6.71.